The van der Waals surface area contributed by atoms with E-state index >= 15 is 8.78 Å². The van der Waals surface area contributed by atoms with Crippen molar-refractivity contribution in [1.82, 2.24) is 29.4 Å². The third-order valence-corrected chi connectivity index (χ3v) is 7.20. The molecule has 3 heterocycles. The Morgan fingerprint density at radius 1 is 1.06 bits per heavy atom. The SMILES string of the molecule is COc1cc(OC)c(F)c(-c2cc3cnc(Nc4ccncn4)nc3n(C(C)c3cccc(NC(=O)/C=C/CN(C)C)c3)c2=O)c1F. The van der Waals surface area contributed by atoms with Crippen LogP contribution in [0.5, 0.6) is 11.5 Å². The number of methoxy groups -OCH3 is 2. The number of pyridine rings is 1. The van der Waals surface area contributed by atoms with Gasteiger partial charge in [0.2, 0.25) is 11.9 Å². The van der Waals surface area contributed by atoms with Crippen molar-refractivity contribution in [3.05, 3.63) is 101 Å². The Morgan fingerprint density at radius 2 is 1.81 bits per heavy atom. The van der Waals surface area contributed by atoms with E-state index in [-0.39, 0.29) is 34.6 Å². The van der Waals surface area contributed by atoms with Crippen LogP contribution in [0.15, 0.2) is 78.1 Å². The fourth-order valence-electron chi connectivity index (χ4n) is 4.90. The van der Waals surface area contributed by atoms with E-state index in [1.165, 1.54) is 49.7 Å². The molecule has 3 aromatic heterocycles. The molecule has 0 aliphatic rings. The first-order chi connectivity index (χ1) is 22.6. The molecule has 0 spiro atoms. The van der Waals surface area contributed by atoms with Crippen LogP contribution in [0.2, 0.25) is 0 Å². The molecule has 1 unspecified atom stereocenters. The summed E-state index contributed by atoms with van der Waals surface area (Å²) < 4.78 is 43.0. The van der Waals surface area contributed by atoms with Crippen molar-refractivity contribution in [3.8, 4) is 22.6 Å². The molecule has 0 radical (unpaired) electrons. The van der Waals surface area contributed by atoms with Crippen molar-refractivity contribution in [2.75, 3.05) is 45.5 Å². The van der Waals surface area contributed by atoms with Crippen LogP contribution in [-0.4, -0.2) is 70.2 Å². The minimum Gasteiger partial charge on any atom is -0.494 e. The molecule has 0 bridgehead atoms. The van der Waals surface area contributed by atoms with Gasteiger partial charge in [-0.1, -0.05) is 18.2 Å². The van der Waals surface area contributed by atoms with E-state index < -0.39 is 28.8 Å². The minimum atomic E-state index is -1.07. The number of carbonyl (C=O) groups excluding carboxylic acids is 1. The van der Waals surface area contributed by atoms with Gasteiger partial charge in [-0.3, -0.25) is 14.2 Å². The summed E-state index contributed by atoms with van der Waals surface area (Å²) >= 11 is 0. The standard InChI is InChI=1S/C33H32F2N8O4/c1-19(20-8-6-9-22(14-20)39-27(44)10-7-13-42(2)3)43-31-21(17-37-33(41-31)40-26-11-12-36-18-38-26)15-23(32(43)45)28-29(34)24(46-4)16-25(47-5)30(28)35/h6-12,14-19H,13H2,1-5H3,(H,39,44)(H,36,37,38,40,41)/b10-7+. The van der Waals surface area contributed by atoms with E-state index in [1.54, 1.807) is 43.3 Å². The van der Waals surface area contributed by atoms with Crippen LogP contribution >= 0.6 is 0 Å². The first kappa shape index (κ1) is 32.6. The summed E-state index contributed by atoms with van der Waals surface area (Å²) in [7, 11) is 6.23. The summed E-state index contributed by atoms with van der Waals surface area (Å²) in [5.41, 5.74) is -0.401. The van der Waals surface area contributed by atoms with Crippen molar-refractivity contribution < 1.29 is 23.0 Å². The van der Waals surface area contributed by atoms with Crippen molar-refractivity contribution in [3.63, 3.8) is 0 Å². The molecule has 0 saturated carbocycles. The highest BCUT2D eigenvalue weighted by Crippen LogP contribution is 2.37. The van der Waals surface area contributed by atoms with E-state index in [1.807, 2.05) is 19.0 Å². The molecule has 47 heavy (non-hydrogen) atoms. The lowest BCUT2D eigenvalue weighted by atomic mass is 10.0. The normalized spacial score (nSPS) is 12.0. The molecule has 2 N–H and O–H groups in total. The number of halogens is 2. The van der Waals surface area contributed by atoms with Crippen molar-refractivity contribution >= 4 is 34.4 Å². The van der Waals surface area contributed by atoms with E-state index in [4.69, 9.17) is 9.47 Å². The summed E-state index contributed by atoms with van der Waals surface area (Å²) in [5.74, 6) is -2.55. The Labute approximate surface area is 268 Å². The third kappa shape index (κ3) is 7.07. The minimum absolute atomic E-state index is 0.121. The molecule has 12 nitrogen and oxygen atoms in total. The lowest BCUT2D eigenvalue weighted by Crippen LogP contribution is -2.27. The molecule has 14 heteroatoms. The maximum absolute atomic E-state index is 15.7. The number of nitrogens with one attached hydrogen (secondary N) is 2. The zero-order valence-corrected chi connectivity index (χ0v) is 26.3. The molecule has 1 amide bonds. The zero-order chi connectivity index (χ0) is 33.7. The number of nitrogens with zero attached hydrogens (tertiary/aromatic N) is 6. The zero-order valence-electron chi connectivity index (χ0n) is 26.3. The van der Waals surface area contributed by atoms with E-state index in [0.29, 0.717) is 29.0 Å². The molecule has 5 aromatic rings. The molecule has 0 saturated heterocycles. The van der Waals surface area contributed by atoms with Crippen molar-refractivity contribution in [2.45, 2.75) is 13.0 Å². The first-order valence-electron chi connectivity index (χ1n) is 14.4. The van der Waals surface area contributed by atoms with E-state index in [2.05, 4.69) is 30.6 Å². The van der Waals surface area contributed by atoms with Gasteiger partial charge in [-0.15, -0.1) is 0 Å². The number of amides is 1. The monoisotopic (exact) mass is 642 g/mol. The van der Waals surface area contributed by atoms with Gasteiger partial charge in [-0.25, -0.2) is 23.7 Å². The molecular formula is C33H32F2N8O4. The highest BCUT2D eigenvalue weighted by atomic mass is 19.1. The van der Waals surface area contributed by atoms with E-state index in [0.717, 1.165) is 6.07 Å². The second-order valence-corrected chi connectivity index (χ2v) is 10.7. The quantitative estimate of drug-likeness (QED) is 0.191. The van der Waals surface area contributed by atoms with Crippen molar-refractivity contribution in [2.24, 2.45) is 0 Å². The molecule has 0 aliphatic heterocycles. The summed E-state index contributed by atoms with van der Waals surface area (Å²) in [6.45, 7) is 2.33. The maximum atomic E-state index is 15.7. The lowest BCUT2D eigenvalue weighted by molar-refractivity contribution is -0.111. The number of hydrogen-bond acceptors (Lipinski definition) is 10. The van der Waals surface area contributed by atoms with Gasteiger partial charge in [0.05, 0.1) is 31.4 Å². The smallest absolute Gasteiger partial charge is 0.260 e. The fraction of sp³-hybridized carbons (Fsp3) is 0.212. The highest BCUT2D eigenvalue weighted by molar-refractivity contribution is 5.99. The van der Waals surface area contributed by atoms with Gasteiger partial charge in [-0.2, -0.15) is 4.98 Å². The summed E-state index contributed by atoms with van der Waals surface area (Å²) in [5, 5.41) is 6.11. The van der Waals surface area contributed by atoms with E-state index in [9.17, 15) is 9.59 Å². The van der Waals surface area contributed by atoms with Gasteiger partial charge in [0.15, 0.2) is 23.1 Å². The summed E-state index contributed by atoms with van der Waals surface area (Å²) in [6, 6.07) is 10.2. The number of rotatable bonds is 11. The maximum Gasteiger partial charge on any atom is 0.260 e. The van der Waals surface area contributed by atoms with Gasteiger partial charge in [0.1, 0.15) is 17.8 Å². The third-order valence-electron chi connectivity index (χ3n) is 7.20. The number of anilines is 3. The molecule has 0 aliphatic carbocycles. The van der Waals surface area contributed by atoms with Crippen LogP contribution in [0.25, 0.3) is 22.2 Å². The van der Waals surface area contributed by atoms with Crippen LogP contribution in [0.3, 0.4) is 0 Å². The Balaban J connectivity index is 1.68. The lowest BCUT2D eigenvalue weighted by Gasteiger charge is -2.21. The van der Waals surface area contributed by atoms with Crippen LogP contribution in [-0.2, 0) is 4.79 Å². The molecule has 2 aromatic carbocycles. The number of likely N-dealkylation sites (N-methyl/N-ethyl adjacent to an activating group) is 1. The second-order valence-electron chi connectivity index (χ2n) is 10.7. The largest absolute Gasteiger partial charge is 0.494 e. The predicted molar refractivity (Wildman–Crippen MR) is 174 cm³/mol. The molecule has 5 rings (SSSR count). The number of carbonyl (C=O) groups is 1. The average molecular weight is 643 g/mol. The Morgan fingerprint density at radius 3 is 2.47 bits per heavy atom. The molecular weight excluding hydrogens is 610 g/mol. The van der Waals surface area contributed by atoms with Gasteiger partial charge in [0, 0.05) is 42.2 Å². The molecule has 242 valence electrons. The summed E-state index contributed by atoms with van der Waals surface area (Å²) in [6.07, 6.45) is 7.49. The Kier molecular flexibility index (Phi) is 9.80. The topological polar surface area (TPSA) is 136 Å². The van der Waals surface area contributed by atoms with Crippen LogP contribution in [0, 0.1) is 11.6 Å². The van der Waals surface area contributed by atoms with Crippen molar-refractivity contribution in [1.29, 1.82) is 0 Å². The Hall–Kier alpha value is -5.76. The molecule has 0 fully saturated rings. The van der Waals surface area contributed by atoms with Crippen LogP contribution in [0.1, 0.15) is 18.5 Å². The number of aromatic nitrogens is 5. The highest BCUT2D eigenvalue weighted by Gasteiger charge is 2.27. The number of ether oxygens (including phenoxy) is 2. The van der Waals surface area contributed by atoms with Gasteiger partial charge in [-0.05, 0) is 50.8 Å². The summed E-state index contributed by atoms with van der Waals surface area (Å²) in [4.78, 5) is 45.8. The predicted octanol–water partition coefficient (Wildman–Crippen LogP) is 4.95. The van der Waals surface area contributed by atoms with Crippen LogP contribution in [0.4, 0.5) is 26.2 Å². The first-order valence-corrected chi connectivity index (χ1v) is 14.4. The number of fused-ring (bicyclic) bond motifs is 1. The Bertz CT molecular complexity index is 1990. The molecule has 1 atom stereocenters. The van der Waals surface area contributed by atoms with Gasteiger partial charge < -0.3 is 25.0 Å². The number of benzene rings is 2. The van der Waals surface area contributed by atoms with Crippen LogP contribution < -0.4 is 25.7 Å². The van der Waals surface area contributed by atoms with Gasteiger partial charge in [0.25, 0.3) is 5.56 Å². The van der Waals surface area contributed by atoms with Gasteiger partial charge >= 0.3 is 0 Å². The average Bonchev–Trinajstić information content (AvgIpc) is 3.05. The second kappa shape index (κ2) is 14.1. The number of hydrogen-bond donors (Lipinski definition) is 2. The fourth-order valence-corrected chi connectivity index (χ4v) is 4.90.